The molecule has 1 aromatic heterocycles. The second-order valence-corrected chi connectivity index (χ2v) is 5.65. The Hall–Kier alpha value is -2.33. The van der Waals surface area contributed by atoms with Crippen molar-refractivity contribution in [2.75, 3.05) is 5.73 Å². The van der Waals surface area contributed by atoms with Crippen molar-refractivity contribution in [2.24, 2.45) is 0 Å². The first-order valence-electron chi connectivity index (χ1n) is 6.67. The minimum absolute atomic E-state index is 0.733. The average molecular weight is 293 g/mol. The van der Waals surface area contributed by atoms with Crippen molar-refractivity contribution in [1.82, 2.24) is 10.2 Å². The van der Waals surface area contributed by atoms with Crippen LogP contribution in [0.4, 0.5) is 5.69 Å². The van der Waals surface area contributed by atoms with Crippen molar-refractivity contribution in [1.29, 1.82) is 0 Å². The highest BCUT2D eigenvalue weighted by molar-refractivity contribution is 7.98. The topological polar surface area (TPSA) is 51.8 Å². The molecule has 0 saturated carbocycles. The first kappa shape index (κ1) is 13.6. The molecule has 104 valence electrons. The Morgan fingerprint density at radius 3 is 2.43 bits per heavy atom. The van der Waals surface area contributed by atoms with Crippen LogP contribution in [0.3, 0.4) is 0 Å². The normalized spacial score (nSPS) is 10.5. The largest absolute Gasteiger partial charge is 0.399 e. The zero-order chi connectivity index (χ0) is 14.5. The quantitative estimate of drug-likeness (QED) is 0.583. The maximum atomic E-state index is 5.79. The van der Waals surface area contributed by atoms with Gasteiger partial charge in [-0.25, -0.2) is 0 Å². The van der Waals surface area contributed by atoms with Gasteiger partial charge in [-0.2, -0.15) is 0 Å². The molecule has 0 atom stereocenters. The van der Waals surface area contributed by atoms with E-state index in [0.717, 1.165) is 27.7 Å². The van der Waals surface area contributed by atoms with Gasteiger partial charge in [0.25, 0.3) is 0 Å². The van der Waals surface area contributed by atoms with Crippen LogP contribution in [0, 0.1) is 0 Å². The average Bonchev–Trinajstić information content (AvgIpc) is 2.54. The third-order valence-corrected chi connectivity index (χ3v) is 4.04. The number of rotatable bonds is 4. The number of nitrogen functional groups attached to an aromatic ring is 1. The van der Waals surface area contributed by atoms with E-state index in [0.29, 0.717) is 0 Å². The van der Waals surface area contributed by atoms with E-state index in [9.17, 15) is 0 Å². The number of aromatic nitrogens is 2. The highest BCUT2D eigenvalue weighted by atomic mass is 32.2. The summed E-state index contributed by atoms with van der Waals surface area (Å²) in [7, 11) is 0. The maximum Gasteiger partial charge on any atom is 0.119 e. The first-order valence-corrected chi connectivity index (χ1v) is 7.66. The van der Waals surface area contributed by atoms with Gasteiger partial charge in [-0.3, -0.25) is 0 Å². The smallest absolute Gasteiger partial charge is 0.119 e. The predicted octanol–water partition coefficient (Wildman–Crippen LogP) is 4.02. The molecule has 0 saturated heterocycles. The summed E-state index contributed by atoms with van der Waals surface area (Å²) in [6, 6.07) is 22.0. The van der Waals surface area contributed by atoms with Gasteiger partial charge < -0.3 is 5.73 Å². The van der Waals surface area contributed by atoms with Crippen molar-refractivity contribution in [3.63, 3.8) is 0 Å². The van der Waals surface area contributed by atoms with Gasteiger partial charge in [0.2, 0.25) is 0 Å². The summed E-state index contributed by atoms with van der Waals surface area (Å²) in [6.07, 6.45) is 0. The van der Waals surface area contributed by atoms with Crippen LogP contribution in [0.15, 0.2) is 71.8 Å². The zero-order valence-electron chi connectivity index (χ0n) is 11.4. The van der Waals surface area contributed by atoms with E-state index in [2.05, 4.69) is 22.3 Å². The van der Waals surface area contributed by atoms with Gasteiger partial charge in [0.05, 0.1) is 5.69 Å². The fourth-order valence-corrected chi connectivity index (χ4v) is 2.75. The summed E-state index contributed by atoms with van der Waals surface area (Å²) in [4.78, 5) is 0. The molecule has 3 rings (SSSR count). The molecule has 0 aliphatic rings. The van der Waals surface area contributed by atoms with E-state index < -0.39 is 0 Å². The predicted molar refractivity (Wildman–Crippen MR) is 87.9 cm³/mol. The van der Waals surface area contributed by atoms with Crippen molar-refractivity contribution in [3.8, 4) is 11.3 Å². The molecule has 0 aliphatic heterocycles. The molecular formula is C17H15N3S. The second-order valence-electron chi connectivity index (χ2n) is 4.66. The summed E-state index contributed by atoms with van der Waals surface area (Å²) in [6.45, 7) is 0. The van der Waals surface area contributed by atoms with E-state index >= 15 is 0 Å². The molecule has 0 amide bonds. The summed E-state index contributed by atoms with van der Waals surface area (Å²) in [5.41, 5.74) is 9.63. The molecule has 0 bridgehead atoms. The van der Waals surface area contributed by atoms with Crippen molar-refractivity contribution < 1.29 is 0 Å². The van der Waals surface area contributed by atoms with E-state index in [1.54, 1.807) is 11.8 Å². The van der Waals surface area contributed by atoms with E-state index in [-0.39, 0.29) is 0 Å². The third-order valence-electron chi connectivity index (χ3n) is 3.05. The number of benzene rings is 2. The summed E-state index contributed by atoms with van der Waals surface area (Å²) < 4.78 is 0. The molecule has 0 radical (unpaired) electrons. The molecule has 3 aromatic rings. The summed E-state index contributed by atoms with van der Waals surface area (Å²) in [5, 5.41) is 9.47. The van der Waals surface area contributed by atoms with Crippen LogP contribution in [0.5, 0.6) is 0 Å². The van der Waals surface area contributed by atoms with Gasteiger partial charge in [-0.15, -0.1) is 10.2 Å². The van der Waals surface area contributed by atoms with Gasteiger partial charge in [0.15, 0.2) is 0 Å². The van der Waals surface area contributed by atoms with Crippen LogP contribution in [0.1, 0.15) is 5.56 Å². The van der Waals surface area contributed by atoms with Crippen LogP contribution in [-0.2, 0) is 5.75 Å². The van der Waals surface area contributed by atoms with Gasteiger partial charge >= 0.3 is 0 Å². The lowest BCUT2D eigenvalue weighted by Gasteiger charge is -2.03. The van der Waals surface area contributed by atoms with Crippen molar-refractivity contribution >= 4 is 17.4 Å². The van der Waals surface area contributed by atoms with Crippen LogP contribution >= 0.6 is 11.8 Å². The maximum absolute atomic E-state index is 5.79. The lowest BCUT2D eigenvalue weighted by molar-refractivity contribution is 0.935. The minimum atomic E-state index is 0.733. The highest BCUT2D eigenvalue weighted by Gasteiger charge is 2.02. The Kier molecular flexibility index (Phi) is 4.17. The minimum Gasteiger partial charge on any atom is -0.399 e. The van der Waals surface area contributed by atoms with Crippen LogP contribution < -0.4 is 5.73 Å². The Labute approximate surface area is 128 Å². The Balaban J connectivity index is 1.69. The Bertz CT molecular complexity index is 712. The van der Waals surface area contributed by atoms with Gasteiger partial charge in [-0.05, 0) is 29.8 Å². The molecule has 0 fully saturated rings. The fourth-order valence-electron chi connectivity index (χ4n) is 1.98. The molecular weight excluding hydrogens is 278 g/mol. The molecule has 4 heteroatoms. The Morgan fingerprint density at radius 2 is 1.71 bits per heavy atom. The first-order chi connectivity index (χ1) is 10.3. The fraction of sp³-hybridized carbons (Fsp3) is 0.0588. The van der Waals surface area contributed by atoms with Gasteiger partial charge in [-0.1, -0.05) is 54.2 Å². The third kappa shape index (κ3) is 3.61. The molecule has 21 heavy (non-hydrogen) atoms. The van der Waals surface area contributed by atoms with Crippen molar-refractivity contribution in [2.45, 2.75) is 10.8 Å². The van der Waals surface area contributed by atoms with Crippen molar-refractivity contribution in [3.05, 3.63) is 72.3 Å². The van der Waals surface area contributed by atoms with E-state index in [1.165, 1.54) is 5.56 Å². The van der Waals surface area contributed by atoms with Gasteiger partial charge in [0.1, 0.15) is 5.03 Å². The zero-order valence-corrected chi connectivity index (χ0v) is 12.3. The van der Waals surface area contributed by atoms with E-state index in [1.807, 2.05) is 54.6 Å². The molecule has 2 aromatic carbocycles. The Morgan fingerprint density at radius 1 is 0.857 bits per heavy atom. The number of thioether (sulfide) groups is 1. The summed E-state index contributed by atoms with van der Waals surface area (Å²) in [5.74, 6) is 0.896. The monoisotopic (exact) mass is 293 g/mol. The number of hydrogen-bond acceptors (Lipinski definition) is 4. The van der Waals surface area contributed by atoms with Crippen LogP contribution in [0.2, 0.25) is 0 Å². The molecule has 0 spiro atoms. The molecule has 1 heterocycles. The SMILES string of the molecule is Nc1cccc(-c2ccc(SCc3ccccc3)nn2)c1. The molecule has 0 aliphatic carbocycles. The second kappa shape index (κ2) is 6.41. The molecule has 3 nitrogen and oxygen atoms in total. The summed E-state index contributed by atoms with van der Waals surface area (Å²) >= 11 is 1.68. The lowest BCUT2D eigenvalue weighted by atomic mass is 10.1. The number of nitrogens with zero attached hydrogens (tertiary/aromatic N) is 2. The number of hydrogen-bond donors (Lipinski definition) is 1. The van der Waals surface area contributed by atoms with Gasteiger partial charge in [0, 0.05) is 17.0 Å². The molecule has 2 N–H and O–H groups in total. The standard InChI is InChI=1S/C17H15N3S/c18-15-8-4-7-14(11-15)16-9-10-17(20-19-16)21-12-13-5-2-1-3-6-13/h1-11H,12,18H2. The number of anilines is 1. The van der Waals surface area contributed by atoms with E-state index in [4.69, 9.17) is 5.73 Å². The lowest BCUT2D eigenvalue weighted by Crippen LogP contribution is -1.91. The number of nitrogens with two attached hydrogens (primary N) is 1. The van der Waals surface area contributed by atoms with Crippen LogP contribution in [-0.4, -0.2) is 10.2 Å². The molecule has 0 unspecified atom stereocenters. The highest BCUT2D eigenvalue weighted by Crippen LogP contribution is 2.23. The van der Waals surface area contributed by atoms with Crippen LogP contribution in [0.25, 0.3) is 11.3 Å².